The molecule has 2 rings (SSSR count). The zero-order chi connectivity index (χ0) is 14.5. The molecule has 0 unspecified atom stereocenters. The van der Waals surface area contributed by atoms with Gasteiger partial charge in [0.05, 0.1) is 5.69 Å². The number of nitrogens with one attached hydrogen (secondary N) is 2. The molecule has 1 amide bonds. The van der Waals surface area contributed by atoms with Crippen LogP contribution in [-0.4, -0.2) is 33.6 Å². The minimum Gasteiger partial charge on any atom is -0.368 e. The minimum absolute atomic E-state index is 0.0582. The summed E-state index contributed by atoms with van der Waals surface area (Å²) in [6.07, 6.45) is 3.94. The first kappa shape index (κ1) is 14.3. The van der Waals surface area contributed by atoms with Crippen LogP contribution in [0, 0.1) is 12.8 Å². The second kappa shape index (κ2) is 6.36. The third-order valence-corrected chi connectivity index (χ3v) is 2.86. The maximum atomic E-state index is 11.6. The first-order chi connectivity index (χ1) is 9.56. The summed E-state index contributed by atoms with van der Waals surface area (Å²) >= 11 is 0. The third-order valence-electron chi connectivity index (χ3n) is 2.86. The highest BCUT2D eigenvalue weighted by Gasteiger charge is 2.06. The van der Waals surface area contributed by atoms with E-state index >= 15 is 0 Å². The molecule has 0 spiro atoms. The summed E-state index contributed by atoms with van der Waals surface area (Å²) in [6.45, 7) is 7.36. The molecule has 0 aliphatic heterocycles. The van der Waals surface area contributed by atoms with Crippen molar-refractivity contribution < 1.29 is 4.79 Å². The van der Waals surface area contributed by atoms with Crippen molar-refractivity contribution in [3.63, 3.8) is 0 Å². The molecule has 2 heterocycles. The smallest absolute Gasteiger partial charge is 0.221 e. The van der Waals surface area contributed by atoms with E-state index in [1.807, 2.05) is 19.2 Å². The lowest BCUT2D eigenvalue weighted by molar-refractivity contribution is -0.120. The normalized spacial score (nSPS) is 11.0. The standard InChI is InChI=1S/C14H21N5O/c1-10(2)9-17-13(20)4-5-15-14-12-8-11(3)18-19(12)7-6-16-14/h6-8,10H,4-5,9H2,1-3H3,(H,15,16)(H,17,20). The summed E-state index contributed by atoms with van der Waals surface area (Å²) < 4.78 is 1.78. The van der Waals surface area contributed by atoms with Crippen LogP contribution in [0.15, 0.2) is 18.5 Å². The Morgan fingerprint density at radius 2 is 2.25 bits per heavy atom. The van der Waals surface area contributed by atoms with E-state index in [0.717, 1.165) is 17.0 Å². The predicted octanol–water partition coefficient (Wildman–Crippen LogP) is 1.61. The van der Waals surface area contributed by atoms with Gasteiger partial charge in [-0.2, -0.15) is 5.10 Å². The molecule has 0 fully saturated rings. The maximum absolute atomic E-state index is 11.6. The number of aryl methyl sites for hydroxylation is 1. The molecule has 6 nitrogen and oxygen atoms in total. The van der Waals surface area contributed by atoms with E-state index in [1.165, 1.54) is 0 Å². The number of fused-ring (bicyclic) bond motifs is 1. The van der Waals surface area contributed by atoms with Gasteiger partial charge in [0.25, 0.3) is 0 Å². The molecule has 2 aromatic rings. The number of aromatic nitrogens is 3. The average molecular weight is 275 g/mol. The van der Waals surface area contributed by atoms with E-state index in [2.05, 4.69) is 34.6 Å². The molecular weight excluding hydrogens is 254 g/mol. The monoisotopic (exact) mass is 275 g/mol. The highest BCUT2D eigenvalue weighted by Crippen LogP contribution is 2.14. The number of hydrogen-bond donors (Lipinski definition) is 2. The topological polar surface area (TPSA) is 71.3 Å². The minimum atomic E-state index is 0.0582. The van der Waals surface area contributed by atoms with E-state index < -0.39 is 0 Å². The largest absolute Gasteiger partial charge is 0.368 e. The Morgan fingerprint density at radius 1 is 1.45 bits per heavy atom. The van der Waals surface area contributed by atoms with Gasteiger partial charge in [0.2, 0.25) is 5.91 Å². The van der Waals surface area contributed by atoms with Gasteiger partial charge >= 0.3 is 0 Å². The van der Waals surface area contributed by atoms with Crippen LogP contribution in [0.2, 0.25) is 0 Å². The van der Waals surface area contributed by atoms with Crippen LogP contribution in [0.5, 0.6) is 0 Å². The van der Waals surface area contributed by atoms with Gasteiger partial charge in [0.1, 0.15) is 5.52 Å². The van der Waals surface area contributed by atoms with E-state index in [9.17, 15) is 4.79 Å². The quantitative estimate of drug-likeness (QED) is 0.840. The molecule has 0 saturated heterocycles. The molecule has 20 heavy (non-hydrogen) atoms. The highest BCUT2D eigenvalue weighted by molar-refractivity contribution is 5.76. The van der Waals surface area contributed by atoms with Gasteiger partial charge < -0.3 is 10.6 Å². The van der Waals surface area contributed by atoms with Crippen LogP contribution < -0.4 is 10.6 Å². The number of anilines is 1. The third kappa shape index (κ3) is 3.69. The van der Waals surface area contributed by atoms with Crippen LogP contribution >= 0.6 is 0 Å². The van der Waals surface area contributed by atoms with Crippen LogP contribution in [0.1, 0.15) is 26.0 Å². The van der Waals surface area contributed by atoms with Crippen LogP contribution in [-0.2, 0) is 4.79 Å². The fraction of sp³-hybridized carbons (Fsp3) is 0.500. The van der Waals surface area contributed by atoms with Gasteiger partial charge in [-0.1, -0.05) is 13.8 Å². The van der Waals surface area contributed by atoms with Gasteiger partial charge in [0, 0.05) is 31.9 Å². The summed E-state index contributed by atoms with van der Waals surface area (Å²) in [5.74, 6) is 1.28. The van der Waals surface area contributed by atoms with E-state index in [0.29, 0.717) is 25.4 Å². The number of carbonyl (C=O) groups is 1. The van der Waals surface area contributed by atoms with E-state index in [1.54, 1.807) is 10.7 Å². The SMILES string of the molecule is Cc1cc2c(NCCC(=O)NCC(C)C)nccn2n1. The summed E-state index contributed by atoms with van der Waals surface area (Å²) in [5, 5.41) is 10.4. The van der Waals surface area contributed by atoms with Gasteiger partial charge in [-0.3, -0.25) is 4.79 Å². The van der Waals surface area contributed by atoms with Crippen molar-refractivity contribution >= 4 is 17.2 Å². The molecule has 0 radical (unpaired) electrons. The summed E-state index contributed by atoms with van der Waals surface area (Å²) in [7, 11) is 0. The molecule has 0 atom stereocenters. The van der Waals surface area contributed by atoms with Crippen molar-refractivity contribution in [2.75, 3.05) is 18.4 Å². The lowest BCUT2D eigenvalue weighted by atomic mass is 10.2. The maximum Gasteiger partial charge on any atom is 0.221 e. The first-order valence-corrected chi connectivity index (χ1v) is 6.88. The molecule has 6 heteroatoms. The molecule has 108 valence electrons. The summed E-state index contributed by atoms with van der Waals surface area (Å²) in [5.41, 5.74) is 1.86. The Labute approximate surface area is 118 Å². The molecule has 0 saturated carbocycles. The van der Waals surface area contributed by atoms with Gasteiger partial charge in [0.15, 0.2) is 5.82 Å². The van der Waals surface area contributed by atoms with Crippen LogP contribution in [0.3, 0.4) is 0 Å². The number of amides is 1. The highest BCUT2D eigenvalue weighted by atomic mass is 16.1. The zero-order valence-corrected chi connectivity index (χ0v) is 12.2. The Morgan fingerprint density at radius 3 is 3.00 bits per heavy atom. The average Bonchev–Trinajstić information content (AvgIpc) is 2.77. The molecule has 2 N–H and O–H groups in total. The number of nitrogens with zero attached hydrogens (tertiary/aromatic N) is 3. The molecule has 0 aromatic carbocycles. The number of hydrogen-bond acceptors (Lipinski definition) is 4. The lowest BCUT2D eigenvalue weighted by Gasteiger charge is -2.09. The first-order valence-electron chi connectivity index (χ1n) is 6.88. The summed E-state index contributed by atoms with van der Waals surface area (Å²) in [6, 6.07) is 1.97. The van der Waals surface area contributed by atoms with Crippen molar-refractivity contribution in [2.45, 2.75) is 27.2 Å². The Hall–Kier alpha value is -2.11. The lowest BCUT2D eigenvalue weighted by Crippen LogP contribution is -2.28. The van der Waals surface area contributed by atoms with Crippen molar-refractivity contribution in [3.8, 4) is 0 Å². The van der Waals surface area contributed by atoms with Crippen molar-refractivity contribution in [3.05, 3.63) is 24.2 Å². The summed E-state index contributed by atoms with van der Waals surface area (Å²) in [4.78, 5) is 15.9. The van der Waals surface area contributed by atoms with E-state index in [4.69, 9.17) is 0 Å². The molecule has 0 bridgehead atoms. The van der Waals surface area contributed by atoms with Crippen molar-refractivity contribution in [2.24, 2.45) is 5.92 Å². The van der Waals surface area contributed by atoms with Gasteiger partial charge in [-0.05, 0) is 18.9 Å². The second-order valence-corrected chi connectivity index (χ2v) is 5.27. The van der Waals surface area contributed by atoms with Crippen molar-refractivity contribution in [1.29, 1.82) is 0 Å². The fourth-order valence-electron chi connectivity index (χ4n) is 1.88. The molecule has 0 aliphatic rings. The molecular formula is C14H21N5O. The van der Waals surface area contributed by atoms with Gasteiger partial charge in [-0.25, -0.2) is 9.50 Å². The fourth-order valence-corrected chi connectivity index (χ4v) is 1.88. The number of carbonyl (C=O) groups excluding carboxylic acids is 1. The Balaban J connectivity index is 1.88. The van der Waals surface area contributed by atoms with Crippen molar-refractivity contribution in [1.82, 2.24) is 19.9 Å². The van der Waals surface area contributed by atoms with Gasteiger partial charge in [-0.15, -0.1) is 0 Å². The van der Waals surface area contributed by atoms with E-state index in [-0.39, 0.29) is 5.91 Å². The predicted molar refractivity (Wildman–Crippen MR) is 78.7 cm³/mol. The van der Waals surface area contributed by atoms with Crippen LogP contribution in [0.4, 0.5) is 5.82 Å². The zero-order valence-electron chi connectivity index (χ0n) is 12.2. The molecule has 0 aliphatic carbocycles. The Kier molecular flexibility index (Phi) is 4.55. The second-order valence-electron chi connectivity index (χ2n) is 5.27. The Bertz CT molecular complexity index is 590. The number of rotatable bonds is 6. The molecule has 2 aromatic heterocycles. The van der Waals surface area contributed by atoms with Crippen LogP contribution in [0.25, 0.3) is 5.52 Å².